The Hall–Kier alpha value is -0.480. The molecule has 0 heterocycles. The Balaban J connectivity index is 2.59. The van der Waals surface area contributed by atoms with Crippen molar-refractivity contribution in [2.75, 3.05) is 13.2 Å². The normalized spacial score (nSPS) is 21.1. The van der Waals surface area contributed by atoms with Crippen LogP contribution in [0.15, 0.2) is 0 Å². The van der Waals surface area contributed by atoms with Crippen molar-refractivity contribution < 1.29 is 19.1 Å². The standard InChI is InChI=1S/C11H16Cl2O4/c1-3-16-9(14)8(10(15)17-4-2)5-7-6-11(7,12)13/h7-8H,3-6H2,1-2H3/t7-/m1/s1. The zero-order chi connectivity index (χ0) is 13.1. The first-order valence-electron chi connectivity index (χ1n) is 5.63. The molecule has 0 amide bonds. The van der Waals surface area contributed by atoms with Crippen LogP contribution in [0.25, 0.3) is 0 Å². The lowest BCUT2D eigenvalue weighted by Gasteiger charge is -2.14. The van der Waals surface area contributed by atoms with Crippen LogP contribution in [0.5, 0.6) is 0 Å². The van der Waals surface area contributed by atoms with Crippen molar-refractivity contribution in [2.45, 2.75) is 31.0 Å². The highest BCUT2D eigenvalue weighted by Gasteiger charge is 2.54. The second-order valence-electron chi connectivity index (χ2n) is 3.95. The summed E-state index contributed by atoms with van der Waals surface area (Å²) < 4.78 is 8.88. The largest absolute Gasteiger partial charge is 0.465 e. The second-order valence-corrected chi connectivity index (χ2v) is 5.50. The third kappa shape index (κ3) is 4.03. The van der Waals surface area contributed by atoms with E-state index in [2.05, 4.69) is 0 Å². The molecule has 1 saturated carbocycles. The quantitative estimate of drug-likeness (QED) is 0.426. The van der Waals surface area contributed by atoms with Crippen LogP contribution in [-0.2, 0) is 19.1 Å². The first-order chi connectivity index (χ1) is 7.92. The molecule has 0 spiro atoms. The Labute approximate surface area is 111 Å². The van der Waals surface area contributed by atoms with Gasteiger partial charge in [-0.05, 0) is 32.6 Å². The highest BCUT2D eigenvalue weighted by molar-refractivity contribution is 6.50. The average Bonchev–Trinajstić information content (AvgIpc) is 2.83. The zero-order valence-corrected chi connectivity index (χ0v) is 11.4. The summed E-state index contributed by atoms with van der Waals surface area (Å²) in [5.41, 5.74) is 0. The number of alkyl halides is 2. The molecular weight excluding hydrogens is 267 g/mol. The summed E-state index contributed by atoms with van der Waals surface area (Å²) in [6.45, 7) is 3.83. The smallest absolute Gasteiger partial charge is 0.320 e. The summed E-state index contributed by atoms with van der Waals surface area (Å²) in [5.74, 6) is -2.10. The lowest BCUT2D eigenvalue weighted by molar-refractivity contribution is -0.162. The van der Waals surface area contributed by atoms with Gasteiger partial charge in [-0.3, -0.25) is 9.59 Å². The average molecular weight is 283 g/mol. The number of carbonyl (C=O) groups excluding carboxylic acids is 2. The molecule has 0 radical (unpaired) electrons. The summed E-state index contributed by atoms with van der Waals surface area (Å²) in [5, 5.41) is 0. The lowest BCUT2D eigenvalue weighted by Crippen LogP contribution is -2.29. The number of esters is 2. The Bertz CT molecular complexity index is 286. The fraction of sp³-hybridized carbons (Fsp3) is 0.818. The molecule has 1 aliphatic carbocycles. The maximum absolute atomic E-state index is 11.6. The van der Waals surface area contributed by atoms with Crippen molar-refractivity contribution >= 4 is 35.1 Å². The van der Waals surface area contributed by atoms with Crippen LogP contribution in [0.3, 0.4) is 0 Å². The second kappa shape index (κ2) is 5.91. The van der Waals surface area contributed by atoms with Crippen LogP contribution in [0.4, 0.5) is 0 Å². The predicted octanol–water partition coefficient (Wildman–Crippen LogP) is 2.31. The van der Waals surface area contributed by atoms with Gasteiger partial charge in [-0.25, -0.2) is 0 Å². The van der Waals surface area contributed by atoms with Crippen molar-refractivity contribution in [1.82, 2.24) is 0 Å². The highest BCUT2D eigenvalue weighted by atomic mass is 35.5. The predicted molar refractivity (Wildman–Crippen MR) is 63.9 cm³/mol. The number of ether oxygens (including phenoxy) is 2. The van der Waals surface area contributed by atoms with E-state index in [4.69, 9.17) is 32.7 Å². The van der Waals surface area contributed by atoms with Gasteiger partial charge in [0.15, 0.2) is 5.92 Å². The molecule has 17 heavy (non-hydrogen) atoms. The molecule has 1 atom stereocenters. The van der Waals surface area contributed by atoms with Gasteiger partial charge in [0.05, 0.1) is 13.2 Å². The van der Waals surface area contributed by atoms with Crippen molar-refractivity contribution in [1.29, 1.82) is 0 Å². The Kier molecular flexibility index (Phi) is 5.07. The number of carbonyl (C=O) groups is 2. The van der Waals surface area contributed by atoms with Gasteiger partial charge in [0, 0.05) is 0 Å². The Morgan fingerprint density at radius 3 is 1.94 bits per heavy atom. The molecule has 0 N–H and O–H groups in total. The van der Waals surface area contributed by atoms with Crippen LogP contribution >= 0.6 is 23.2 Å². The molecule has 1 aliphatic rings. The fourth-order valence-electron chi connectivity index (χ4n) is 1.58. The molecular formula is C11H16Cl2O4. The van der Waals surface area contributed by atoms with E-state index >= 15 is 0 Å². The number of hydrogen-bond donors (Lipinski definition) is 0. The number of rotatable bonds is 6. The van der Waals surface area contributed by atoms with Crippen molar-refractivity contribution in [3.05, 3.63) is 0 Å². The first kappa shape index (κ1) is 14.6. The van der Waals surface area contributed by atoms with Gasteiger partial charge < -0.3 is 9.47 Å². The molecule has 1 rings (SSSR count). The molecule has 98 valence electrons. The van der Waals surface area contributed by atoms with E-state index in [1.54, 1.807) is 13.8 Å². The van der Waals surface area contributed by atoms with E-state index in [9.17, 15) is 9.59 Å². The number of hydrogen-bond acceptors (Lipinski definition) is 4. The maximum atomic E-state index is 11.6. The molecule has 0 aromatic heterocycles. The minimum absolute atomic E-state index is 0.0513. The van der Waals surface area contributed by atoms with Crippen molar-refractivity contribution in [3.63, 3.8) is 0 Å². The molecule has 0 bridgehead atoms. The summed E-state index contributed by atoms with van der Waals surface area (Å²) in [6, 6.07) is 0. The highest BCUT2D eigenvalue weighted by Crippen LogP contribution is 2.56. The third-order valence-corrected chi connectivity index (χ3v) is 3.54. The van der Waals surface area contributed by atoms with Gasteiger partial charge >= 0.3 is 11.9 Å². The Morgan fingerprint density at radius 2 is 1.65 bits per heavy atom. The van der Waals surface area contributed by atoms with Crippen molar-refractivity contribution in [2.24, 2.45) is 11.8 Å². The van der Waals surface area contributed by atoms with Crippen molar-refractivity contribution in [3.8, 4) is 0 Å². The molecule has 0 saturated heterocycles. The molecule has 0 aliphatic heterocycles. The van der Waals surface area contributed by atoms with Gasteiger partial charge in [-0.1, -0.05) is 0 Å². The SMILES string of the molecule is CCOC(=O)C(C[C@@H]1CC1(Cl)Cl)C(=O)OCC. The van der Waals surface area contributed by atoms with Crippen LogP contribution in [0.2, 0.25) is 0 Å². The monoisotopic (exact) mass is 282 g/mol. The molecule has 4 nitrogen and oxygen atoms in total. The van der Waals surface area contributed by atoms with E-state index in [0.717, 1.165) is 0 Å². The fourth-order valence-corrected chi connectivity index (χ4v) is 2.13. The van der Waals surface area contributed by atoms with Gasteiger partial charge in [0.25, 0.3) is 0 Å². The third-order valence-electron chi connectivity index (χ3n) is 2.62. The van der Waals surface area contributed by atoms with Gasteiger partial charge in [-0.2, -0.15) is 0 Å². The minimum Gasteiger partial charge on any atom is -0.465 e. The molecule has 0 unspecified atom stereocenters. The van der Waals surface area contributed by atoms with Gasteiger partial charge in [-0.15, -0.1) is 23.2 Å². The van der Waals surface area contributed by atoms with Crippen LogP contribution in [-0.4, -0.2) is 29.5 Å². The lowest BCUT2D eigenvalue weighted by atomic mass is 10.0. The van der Waals surface area contributed by atoms with Crippen LogP contribution in [0, 0.1) is 11.8 Å². The Morgan fingerprint density at radius 1 is 1.24 bits per heavy atom. The van der Waals surface area contributed by atoms with Crippen LogP contribution < -0.4 is 0 Å². The van der Waals surface area contributed by atoms with Gasteiger partial charge in [0.2, 0.25) is 0 Å². The van der Waals surface area contributed by atoms with E-state index in [1.165, 1.54) is 0 Å². The van der Waals surface area contributed by atoms with E-state index in [1.807, 2.05) is 0 Å². The topological polar surface area (TPSA) is 52.6 Å². The first-order valence-corrected chi connectivity index (χ1v) is 6.39. The number of halogens is 2. The summed E-state index contributed by atoms with van der Waals surface area (Å²) >= 11 is 11.8. The summed E-state index contributed by atoms with van der Waals surface area (Å²) in [4.78, 5) is 23.2. The van der Waals surface area contributed by atoms with Gasteiger partial charge in [0.1, 0.15) is 4.33 Å². The summed E-state index contributed by atoms with van der Waals surface area (Å²) in [7, 11) is 0. The molecule has 6 heteroatoms. The minimum atomic E-state index is -0.917. The van der Waals surface area contributed by atoms with E-state index < -0.39 is 22.2 Å². The van der Waals surface area contributed by atoms with E-state index in [0.29, 0.717) is 6.42 Å². The maximum Gasteiger partial charge on any atom is 0.320 e. The molecule has 0 aromatic carbocycles. The molecule has 0 aromatic rings. The van der Waals surface area contributed by atoms with E-state index in [-0.39, 0.29) is 25.6 Å². The zero-order valence-electron chi connectivity index (χ0n) is 9.87. The molecule has 1 fully saturated rings. The summed E-state index contributed by atoms with van der Waals surface area (Å²) in [6.07, 6.45) is 0.871. The van der Waals surface area contributed by atoms with Crippen LogP contribution in [0.1, 0.15) is 26.7 Å².